The number of rotatable bonds is 4. The highest BCUT2D eigenvalue weighted by Crippen LogP contribution is 2.34. The van der Waals surface area contributed by atoms with Gasteiger partial charge in [-0.1, -0.05) is 6.08 Å². The molecule has 0 aromatic heterocycles. The van der Waals surface area contributed by atoms with Gasteiger partial charge in [0.25, 0.3) is 5.91 Å². The van der Waals surface area contributed by atoms with Crippen LogP contribution in [0.25, 0.3) is 0 Å². The molecular weight excluding hydrogens is 329 g/mol. The summed E-state index contributed by atoms with van der Waals surface area (Å²) in [5.74, 6) is -1.17. The van der Waals surface area contributed by atoms with Crippen molar-refractivity contribution >= 4 is 5.91 Å². The summed E-state index contributed by atoms with van der Waals surface area (Å²) < 4.78 is 47.8. The maximum Gasteiger partial charge on any atom is 0.484 e. The minimum absolute atomic E-state index is 0.00599. The normalized spacial score (nSPS) is 37.7. The van der Waals surface area contributed by atoms with E-state index in [1.807, 2.05) is 0 Å². The highest BCUT2D eigenvalue weighted by atomic mass is 19.4. The molecule has 0 saturated carbocycles. The number of nitrogens with one attached hydrogen (secondary N) is 1. The topological polar surface area (TPSA) is 60.0 Å². The van der Waals surface area contributed by atoms with E-state index in [1.54, 1.807) is 11.1 Å². The van der Waals surface area contributed by atoms with E-state index in [-0.39, 0.29) is 37.3 Å². The Morgan fingerprint density at radius 3 is 2.71 bits per heavy atom. The molecule has 3 rings (SSSR count). The lowest BCUT2D eigenvalue weighted by Gasteiger charge is -2.30. The second kappa shape index (κ2) is 6.99. The summed E-state index contributed by atoms with van der Waals surface area (Å²) in [6.07, 6.45) is -1.57. The maximum absolute atomic E-state index is 12.3. The number of halogens is 3. The van der Waals surface area contributed by atoms with Gasteiger partial charge in [-0.25, -0.2) is 0 Å². The standard InChI is InChI=1S/C15H21F3N2O4/c1-2-10-7-11(12-4-3-5-22-12)20(24-10)9-6-13(23-8-9)14(21)19-15(16,17)18/h2,9-13H,1,3-8H2,(H,19,21)/t9-,10-,11?,12?,13-/m1/s1. The third-order valence-corrected chi connectivity index (χ3v) is 4.61. The van der Waals surface area contributed by atoms with Gasteiger partial charge < -0.3 is 9.47 Å². The summed E-state index contributed by atoms with van der Waals surface area (Å²) in [5, 5.41) is 2.75. The molecule has 0 aliphatic carbocycles. The molecule has 3 aliphatic rings. The molecule has 0 aromatic carbocycles. The number of alkyl halides is 3. The zero-order valence-corrected chi connectivity index (χ0v) is 13.1. The van der Waals surface area contributed by atoms with Crippen molar-refractivity contribution in [2.45, 2.75) is 62.4 Å². The van der Waals surface area contributed by atoms with Gasteiger partial charge in [0.15, 0.2) is 0 Å². The summed E-state index contributed by atoms with van der Waals surface area (Å²) in [5.41, 5.74) is 0. The first-order valence-electron chi connectivity index (χ1n) is 8.07. The monoisotopic (exact) mass is 350 g/mol. The highest BCUT2D eigenvalue weighted by Gasteiger charge is 2.47. The van der Waals surface area contributed by atoms with Gasteiger partial charge in [0.05, 0.1) is 30.9 Å². The van der Waals surface area contributed by atoms with Crippen molar-refractivity contribution in [1.82, 2.24) is 10.4 Å². The van der Waals surface area contributed by atoms with Crippen molar-refractivity contribution in [3.63, 3.8) is 0 Å². The van der Waals surface area contributed by atoms with Crippen molar-refractivity contribution < 1.29 is 32.3 Å². The molecule has 9 heteroatoms. The lowest BCUT2D eigenvalue weighted by Crippen LogP contribution is -2.46. The molecule has 1 N–H and O–H groups in total. The minimum Gasteiger partial charge on any atom is -0.376 e. The maximum atomic E-state index is 12.3. The molecule has 3 heterocycles. The number of carbonyl (C=O) groups excluding carboxylic acids is 1. The Hall–Kier alpha value is -1.16. The third kappa shape index (κ3) is 3.90. The van der Waals surface area contributed by atoms with Crippen molar-refractivity contribution in [3.8, 4) is 0 Å². The van der Waals surface area contributed by atoms with E-state index in [0.29, 0.717) is 13.0 Å². The van der Waals surface area contributed by atoms with Crippen molar-refractivity contribution in [2.24, 2.45) is 0 Å². The predicted octanol–water partition coefficient (Wildman–Crippen LogP) is 1.52. The van der Waals surface area contributed by atoms with Crippen molar-refractivity contribution in [1.29, 1.82) is 0 Å². The fourth-order valence-electron chi connectivity index (χ4n) is 3.53. The second-order valence-electron chi connectivity index (χ2n) is 6.29. The van der Waals surface area contributed by atoms with Crippen LogP contribution in [0.2, 0.25) is 0 Å². The molecular formula is C15H21F3N2O4. The van der Waals surface area contributed by atoms with E-state index in [9.17, 15) is 18.0 Å². The Labute approximate surface area is 137 Å². The van der Waals surface area contributed by atoms with Crippen LogP contribution in [-0.4, -0.2) is 60.9 Å². The van der Waals surface area contributed by atoms with Gasteiger partial charge in [0.1, 0.15) is 6.10 Å². The van der Waals surface area contributed by atoms with Gasteiger partial charge >= 0.3 is 6.30 Å². The van der Waals surface area contributed by atoms with Crippen molar-refractivity contribution in [2.75, 3.05) is 13.2 Å². The van der Waals surface area contributed by atoms with Crippen LogP contribution < -0.4 is 5.32 Å². The lowest BCUT2D eigenvalue weighted by atomic mass is 10.0. The van der Waals surface area contributed by atoms with Crippen LogP contribution in [-0.2, 0) is 19.1 Å². The smallest absolute Gasteiger partial charge is 0.376 e. The van der Waals surface area contributed by atoms with Crippen LogP contribution in [0.15, 0.2) is 12.7 Å². The molecule has 3 aliphatic heterocycles. The minimum atomic E-state index is -4.75. The van der Waals surface area contributed by atoms with Gasteiger partial charge in [-0.2, -0.15) is 18.2 Å². The van der Waals surface area contributed by atoms with E-state index in [1.165, 1.54) is 0 Å². The fraction of sp³-hybridized carbons (Fsp3) is 0.800. The molecule has 136 valence electrons. The SMILES string of the molecule is C=C[C@@H]1CC(C2CCCO2)N([C@H]2CO[C@@H](C(=O)NC(F)(F)F)C2)O1. The third-order valence-electron chi connectivity index (χ3n) is 4.61. The van der Waals surface area contributed by atoms with Crippen LogP contribution in [0.5, 0.6) is 0 Å². The van der Waals surface area contributed by atoms with E-state index < -0.39 is 18.3 Å². The molecule has 6 nitrogen and oxygen atoms in total. The molecule has 0 spiro atoms. The van der Waals surface area contributed by atoms with Gasteiger partial charge in [-0.05, 0) is 19.3 Å². The van der Waals surface area contributed by atoms with Crippen LogP contribution >= 0.6 is 0 Å². The van der Waals surface area contributed by atoms with E-state index in [4.69, 9.17) is 14.3 Å². The van der Waals surface area contributed by atoms with Crippen LogP contribution in [0, 0.1) is 0 Å². The summed E-state index contributed by atoms with van der Waals surface area (Å²) in [6, 6.07) is -0.290. The van der Waals surface area contributed by atoms with E-state index >= 15 is 0 Å². The van der Waals surface area contributed by atoms with Gasteiger partial charge in [0, 0.05) is 13.0 Å². The Bertz CT molecular complexity index is 482. The van der Waals surface area contributed by atoms with Gasteiger partial charge in [-0.15, -0.1) is 6.58 Å². The zero-order chi connectivity index (χ0) is 17.3. The van der Waals surface area contributed by atoms with Crippen LogP contribution in [0.1, 0.15) is 25.7 Å². The molecule has 5 atom stereocenters. The molecule has 0 aromatic rings. The van der Waals surface area contributed by atoms with E-state index in [0.717, 1.165) is 18.2 Å². The number of hydroxylamine groups is 2. The fourth-order valence-corrected chi connectivity index (χ4v) is 3.53. The Morgan fingerprint density at radius 1 is 1.29 bits per heavy atom. The Balaban J connectivity index is 1.62. The summed E-state index contributed by atoms with van der Waals surface area (Å²) in [7, 11) is 0. The largest absolute Gasteiger partial charge is 0.484 e. The first-order chi connectivity index (χ1) is 11.4. The average molecular weight is 350 g/mol. The van der Waals surface area contributed by atoms with Crippen LogP contribution in [0.4, 0.5) is 13.2 Å². The summed E-state index contributed by atoms with van der Waals surface area (Å²) in [4.78, 5) is 17.5. The molecule has 3 fully saturated rings. The van der Waals surface area contributed by atoms with E-state index in [2.05, 4.69) is 6.58 Å². The molecule has 24 heavy (non-hydrogen) atoms. The molecule has 2 unspecified atom stereocenters. The number of amides is 1. The Morgan fingerprint density at radius 2 is 2.08 bits per heavy atom. The number of carbonyl (C=O) groups is 1. The van der Waals surface area contributed by atoms with Gasteiger partial charge in [-0.3, -0.25) is 14.9 Å². The zero-order valence-electron chi connectivity index (χ0n) is 13.1. The Kier molecular flexibility index (Phi) is 5.14. The molecule has 3 saturated heterocycles. The lowest BCUT2D eigenvalue weighted by molar-refractivity contribution is -0.193. The summed E-state index contributed by atoms with van der Waals surface area (Å²) in [6.45, 7) is 4.58. The second-order valence-corrected chi connectivity index (χ2v) is 6.29. The number of hydrogen-bond acceptors (Lipinski definition) is 5. The highest BCUT2D eigenvalue weighted by molar-refractivity contribution is 5.81. The molecule has 0 bridgehead atoms. The molecule has 0 radical (unpaired) electrons. The van der Waals surface area contributed by atoms with Gasteiger partial charge in [0.2, 0.25) is 0 Å². The quantitative estimate of drug-likeness (QED) is 0.615. The number of hydrogen-bond donors (Lipinski definition) is 1. The summed E-state index contributed by atoms with van der Waals surface area (Å²) >= 11 is 0. The van der Waals surface area contributed by atoms with Crippen LogP contribution in [0.3, 0.4) is 0 Å². The van der Waals surface area contributed by atoms with Crippen molar-refractivity contribution in [3.05, 3.63) is 12.7 Å². The number of nitrogens with zero attached hydrogens (tertiary/aromatic N) is 1. The first-order valence-corrected chi connectivity index (χ1v) is 8.07. The average Bonchev–Trinajstić information content (AvgIpc) is 3.24. The number of ether oxygens (including phenoxy) is 2. The first kappa shape index (κ1) is 17.7. The molecule has 1 amide bonds. The predicted molar refractivity (Wildman–Crippen MR) is 76.6 cm³/mol.